The number of nitrogen functional groups attached to an aromatic ring is 1. The Morgan fingerprint density at radius 3 is 2.80 bits per heavy atom. The molecule has 3 N–H and O–H groups in total. The molecule has 5 nitrogen and oxygen atoms in total. The van der Waals surface area contributed by atoms with Crippen LogP contribution < -0.4 is 11.1 Å². The van der Waals surface area contributed by atoms with Gasteiger partial charge in [-0.25, -0.2) is 9.78 Å². The van der Waals surface area contributed by atoms with Gasteiger partial charge in [-0.3, -0.25) is 5.32 Å². The standard InChI is InChI=1S/C15H22N4O/c1-5-10-19(4)15(20)18-14-12(16)8-9-13(17-14)11(6-2)7-3/h6-9H,2,5,10,16H2,1,3-4H3,(H,17,18,20)/b11-7+. The summed E-state index contributed by atoms with van der Waals surface area (Å²) in [5, 5.41) is 2.73. The molecule has 1 rings (SSSR count). The van der Waals surface area contributed by atoms with Gasteiger partial charge in [0.2, 0.25) is 0 Å². The number of carbonyl (C=O) groups excluding carboxylic acids is 1. The monoisotopic (exact) mass is 274 g/mol. The number of rotatable bonds is 5. The maximum absolute atomic E-state index is 12.0. The fraction of sp³-hybridized carbons (Fsp3) is 0.333. The minimum Gasteiger partial charge on any atom is -0.396 e. The number of amides is 2. The lowest BCUT2D eigenvalue weighted by Gasteiger charge is -2.17. The Bertz CT molecular complexity index is 523. The summed E-state index contributed by atoms with van der Waals surface area (Å²) in [4.78, 5) is 17.9. The number of hydrogen-bond acceptors (Lipinski definition) is 3. The van der Waals surface area contributed by atoms with E-state index in [1.807, 2.05) is 19.9 Å². The minimum atomic E-state index is -0.219. The number of carbonyl (C=O) groups is 1. The lowest BCUT2D eigenvalue weighted by molar-refractivity contribution is 0.222. The van der Waals surface area contributed by atoms with Crippen LogP contribution in [0.15, 0.2) is 30.9 Å². The van der Waals surface area contributed by atoms with E-state index in [-0.39, 0.29) is 6.03 Å². The molecule has 5 heteroatoms. The first-order chi connectivity index (χ1) is 9.53. The Morgan fingerprint density at radius 1 is 1.55 bits per heavy atom. The van der Waals surface area contributed by atoms with Gasteiger partial charge >= 0.3 is 6.03 Å². The number of nitrogens with zero attached hydrogens (tertiary/aromatic N) is 2. The molecule has 0 aromatic carbocycles. The SMILES string of the molecule is C=C/C(=C\C)c1ccc(N)c(NC(=O)N(C)CCC)n1. The maximum atomic E-state index is 12.0. The molecule has 0 bridgehead atoms. The van der Waals surface area contributed by atoms with Crippen LogP contribution >= 0.6 is 0 Å². The molecule has 0 atom stereocenters. The van der Waals surface area contributed by atoms with Crippen LogP contribution in [0.3, 0.4) is 0 Å². The van der Waals surface area contributed by atoms with Crippen molar-refractivity contribution >= 4 is 23.1 Å². The Labute approximate surface area is 120 Å². The summed E-state index contributed by atoms with van der Waals surface area (Å²) in [5.41, 5.74) is 7.91. The molecule has 0 aliphatic rings. The second kappa shape index (κ2) is 7.33. The average Bonchev–Trinajstić information content (AvgIpc) is 2.43. The van der Waals surface area contributed by atoms with Crippen LogP contribution in [0.5, 0.6) is 0 Å². The fourth-order valence-corrected chi connectivity index (χ4v) is 1.73. The molecular weight excluding hydrogens is 252 g/mol. The molecule has 0 radical (unpaired) electrons. The highest BCUT2D eigenvalue weighted by Gasteiger charge is 2.11. The Morgan fingerprint density at radius 2 is 2.25 bits per heavy atom. The van der Waals surface area contributed by atoms with Gasteiger partial charge in [0.05, 0.1) is 11.4 Å². The van der Waals surface area contributed by atoms with E-state index in [4.69, 9.17) is 5.73 Å². The van der Waals surface area contributed by atoms with Crippen LogP contribution in [0, 0.1) is 0 Å². The topological polar surface area (TPSA) is 71.2 Å². The molecule has 1 aromatic rings. The number of anilines is 2. The molecule has 0 fully saturated rings. The van der Waals surface area contributed by atoms with Crippen LogP contribution in [0.4, 0.5) is 16.3 Å². The zero-order valence-electron chi connectivity index (χ0n) is 12.3. The summed E-state index contributed by atoms with van der Waals surface area (Å²) < 4.78 is 0. The molecule has 0 unspecified atom stereocenters. The van der Waals surface area contributed by atoms with Crippen molar-refractivity contribution in [2.24, 2.45) is 0 Å². The van der Waals surface area contributed by atoms with Crippen molar-refractivity contribution < 1.29 is 4.79 Å². The number of nitrogens with two attached hydrogens (primary N) is 1. The molecule has 0 aliphatic heterocycles. The van der Waals surface area contributed by atoms with E-state index >= 15 is 0 Å². The lowest BCUT2D eigenvalue weighted by Crippen LogP contribution is -2.32. The zero-order chi connectivity index (χ0) is 15.1. The molecule has 1 aromatic heterocycles. The van der Waals surface area contributed by atoms with Crippen molar-refractivity contribution in [3.8, 4) is 0 Å². The zero-order valence-corrected chi connectivity index (χ0v) is 12.3. The highest BCUT2D eigenvalue weighted by atomic mass is 16.2. The van der Waals surface area contributed by atoms with Gasteiger partial charge in [-0.05, 0) is 31.1 Å². The predicted molar refractivity (Wildman–Crippen MR) is 84.4 cm³/mol. The molecule has 0 saturated heterocycles. The summed E-state index contributed by atoms with van der Waals surface area (Å²) in [6.07, 6.45) is 4.51. The van der Waals surface area contributed by atoms with Gasteiger partial charge in [-0.2, -0.15) is 0 Å². The van der Waals surface area contributed by atoms with Crippen molar-refractivity contribution in [1.82, 2.24) is 9.88 Å². The molecule has 1 heterocycles. The van der Waals surface area contributed by atoms with Gasteiger partial charge < -0.3 is 10.6 Å². The predicted octanol–water partition coefficient (Wildman–Crippen LogP) is 3.13. The third-order valence-corrected chi connectivity index (χ3v) is 2.88. The summed E-state index contributed by atoms with van der Waals surface area (Å²) in [7, 11) is 1.74. The highest BCUT2D eigenvalue weighted by molar-refractivity contribution is 5.91. The number of urea groups is 1. The lowest BCUT2D eigenvalue weighted by atomic mass is 10.1. The maximum Gasteiger partial charge on any atom is 0.322 e. The second-order valence-electron chi connectivity index (χ2n) is 4.43. The van der Waals surface area contributed by atoms with Crippen molar-refractivity contribution in [2.45, 2.75) is 20.3 Å². The van der Waals surface area contributed by atoms with Gasteiger partial charge in [0, 0.05) is 13.6 Å². The first-order valence-corrected chi connectivity index (χ1v) is 6.61. The minimum absolute atomic E-state index is 0.219. The van der Waals surface area contributed by atoms with E-state index < -0.39 is 0 Å². The van der Waals surface area contributed by atoms with E-state index in [1.54, 1.807) is 30.2 Å². The van der Waals surface area contributed by atoms with Crippen molar-refractivity contribution in [3.63, 3.8) is 0 Å². The largest absolute Gasteiger partial charge is 0.396 e. The van der Waals surface area contributed by atoms with E-state index in [9.17, 15) is 4.79 Å². The first-order valence-electron chi connectivity index (χ1n) is 6.61. The number of aromatic nitrogens is 1. The number of pyridine rings is 1. The number of hydrogen-bond donors (Lipinski definition) is 2. The van der Waals surface area contributed by atoms with Crippen LogP contribution in [0.2, 0.25) is 0 Å². The summed E-state index contributed by atoms with van der Waals surface area (Å²) in [5.74, 6) is 0.372. The smallest absolute Gasteiger partial charge is 0.322 e. The Balaban J connectivity index is 2.98. The Kier molecular flexibility index (Phi) is 5.77. The normalized spacial score (nSPS) is 11.1. The van der Waals surface area contributed by atoms with Crippen LogP contribution in [-0.2, 0) is 0 Å². The summed E-state index contributed by atoms with van der Waals surface area (Å²) >= 11 is 0. The summed E-state index contributed by atoms with van der Waals surface area (Å²) in [6.45, 7) is 8.34. The van der Waals surface area contributed by atoms with Gasteiger partial charge in [0.25, 0.3) is 0 Å². The first kappa shape index (κ1) is 15.8. The average molecular weight is 274 g/mol. The Hall–Kier alpha value is -2.30. The van der Waals surface area contributed by atoms with Gasteiger partial charge in [0.1, 0.15) is 0 Å². The highest BCUT2D eigenvalue weighted by Crippen LogP contribution is 2.21. The van der Waals surface area contributed by atoms with Gasteiger partial charge in [0.15, 0.2) is 5.82 Å². The molecule has 0 saturated carbocycles. The molecule has 20 heavy (non-hydrogen) atoms. The van der Waals surface area contributed by atoms with Gasteiger partial charge in [-0.15, -0.1) is 0 Å². The van der Waals surface area contributed by atoms with Crippen LogP contribution in [0.1, 0.15) is 26.0 Å². The quantitative estimate of drug-likeness (QED) is 0.810. The molecule has 0 spiro atoms. The number of nitrogens with one attached hydrogen (secondary N) is 1. The van der Waals surface area contributed by atoms with E-state index in [1.165, 1.54) is 0 Å². The molecule has 2 amide bonds. The molecule has 108 valence electrons. The van der Waals surface area contributed by atoms with Crippen molar-refractivity contribution in [1.29, 1.82) is 0 Å². The van der Waals surface area contributed by atoms with Gasteiger partial charge in [-0.1, -0.05) is 25.7 Å². The number of allylic oxidation sites excluding steroid dienone is 3. The second-order valence-corrected chi connectivity index (χ2v) is 4.43. The third kappa shape index (κ3) is 3.85. The third-order valence-electron chi connectivity index (χ3n) is 2.88. The van der Waals surface area contributed by atoms with E-state index in [0.29, 0.717) is 18.1 Å². The van der Waals surface area contributed by atoms with Crippen molar-refractivity contribution in [3.05, 3.63) is 36.6 Å². The summed E-state index contributed by atoms with van der Waals surface area (Å²) in [6, 6.07) is 3.31. The van der Waals surface area contributed by atoms with Crippen LogP contribution in [-0.4, -0.2) is 29.5 Å². The van der Waals surface area contributed by atoms with Crippen LogP contribution in [0.25, 0.3) is 5.57 Å². The van der Waals surface area contributed by atoms with E-state index in [0.717, 1.165) is 17.7 Å². The fourth-order valence-electron chi connectivity index (χ4n) is 1.73. The molecule has 0 aliphatic carbocycles. The molecular formula is C15H22N4O. The van der Waals surface area contributed by atoms with Crippen molar-refractivity contribution in [2.75, 3.05) is 24.6 Å². The van der Waals surface area contributed by atoms with E-state index in [2.05, 4.69) is 16.9 Å².